The van der Waals surface area contributed by atoms with Crippen LogP contribution in [0.25, 0.3) is 0 Å². The zero-order chi connectivity index (χ0) is 16.7. The number of rotatable bonds is 5. The standard InChI is InChI=1S/C20H24O4/c1-22-11-24-20-16(12-4-3-5-15(9-12)23-2)10-17(21)18-13-6-7-14(8-13)19(18)20/h3-7,9,13-14,16,18-20H,8,10-11H2,1-2H3/t13-,14+,16-,18+,19+,20-/m0/s1. The van der Waals surface area contributed by atoms with Gasteiger partial charge in [0.05, 0.1) is 13.2 Å². The first-order valence-corrected chi connectivity index (χ1v) is 8.68. The average Bonchev–Trinajstić information content (AvgIpc) is 3.23. The summed E-state index contributed by atoms with van der Waals surface area (Å²) in [5, 5.41) is 0. The van der Waals surface area contributed by atoms with Gasteiger partial charge in [-0.25, -0.2) is 0 Å². The smallest absolute Gasteiger partial charge is 0.146 e. The molecule has 128 valence electrons. The number of ketones is 1. The van der Waals surface area contributed by atoms with Gasteiger partial charge in [0.1, 0.15) is 18.3 Å². The second kappa shape index (κ2) is 6.34. The van der Waals surface area contributed by atoms with Gasteiger partial charge in [-0.05, 0) is 36.0 Å². The molecule has 0 aromatic heterocycles. The Kier molecular flexibility index (Phi) is 4.19. The van der Waals surface area contributed by atoms with Crippen LogP contribution in [0.5, 0.6) is 5.75 Å². The molecule has 6 atom stereocenters. The lowest BCUT2D eigenvalue weighted by Gasteiger charge is -2.42. The van der Waals surface area contributed by atoms with Gasteiger partial charge in [0, 0.05) is 31.3 Å². The van der Waals surface area contributed by atoms with Gasteiger partial charge in [-0.15, -0.1) is 0 Å². The molecule has 3 aliphatic rings. The van der Waals surface area contributed by atoms with Gasteiger partial charge in [-0.3, -0.25) is 4.79 Å². The molecule has 2 saturated carbocycles. The molecule has 0 unspecified atom stereocenters. The van der Waals surface area contributed by atoms with Crippen LogP contribution in [0.1, 0.15) is 24.3 Å². The van der Waals surface area contributed by atoms with Crippen molar-refractivity contribution < 1.29 is 19.0 Å². The Morgan fingerprint density at radius 2 is 2.00 bits per heavy atom. The molecule has 0 spiro atoms. The van der Waals surface area contributed by atoms with E-state index in [1.807, 2.05) is 18.2 Å². The van der Waals surface area contributed by atoms with Crippen molar-refractivity contribution in [2.45, 2.75) is 24.9 Å². The molecule has 4 heteroatoms. The van der Waals surface area contributed by atoms with E-state index >= 15 is 0 Å². The van der Waals surface area contributed by atoms with Crippen LogP contribution in [-0.2, 0) is 14.3 Å². The number of ether oxygens (including phenoxy) is 3. The van der Waals surface area contributed by atoms with E-state index in [4.69, 9.17) is 14.2 Å². The monoisotopic (exact) mass is 328 g/mol. The molecule has 0 amide bonds. The summed E-state index contributed by atoms with van der Waals surface area (Å²) in [5.41, 5.74) is 1.12. The Hall–Kier alpha value is -1.65. The first kappa shape index (κ1) is 15.9. The number of methoxy groups -OCH3 is 2. The Morgan fingerprint density at radius 3 is 2.79 bits per heavy atom. The summed E-state index contributed by atoms with van der Waals surface area (Å²) in [6, 6.07) is 8.03. The molecule has 0 aliphatic heterocycles. The highest BCUT2D eigenvalue weighted by molar-refractivity contribution is 5.85. The van der Waals surface area contributed by atoms with E-state index in [0.717, 1.165) is 17.7 Å². The topological polar surface area (TPSA) is 44.8 Å². The number of benzene rings is 1. The molecule has 2 bridgehead atoms. The Labute approximate surface area is 142 Å². The molecule has 1 aromatic carbocycles. The summed E-state index contributed by atoms with van der Waals surface area (Å²) in [4.78, 5) is 12.9. The summed E-state index contributed by atoms with van der Waals surface area (Å²) >= 11 is 0. The lowest BCUT2D eigenvalue weighted by atomic mass is 9.65. The molecule has 2 fully saturated rings. The maximum atomic E-state index is 12.9. The van der Waals surface area contributed by atoms with E-state index in [1.165, 1.54) is 0 Å². The summed E-state index contributed by atoms with van der Waals surface area (Å²) in [6.45, 7) is 0.268. The third-order valence-electron chi connectivity index (χ3n) is 5.99. The maximum Gasteiger partial charge on any atom is 0.146 e. The summed E-state index contributed by atoms with van der Waals surface area (Å²) in [5.74, 6) is 2.54. The van der Waals surface area contributed by atoms with Gasteiger partial charge in [0.15, 0.2) is 0 Å². The van der Waals surface area contributed by atoms with Gasteiger partial charge >= 0.3 is 0 Å². The summed E-state index contributed by atoms with van der Waals surface area (Å²) in [7, 11) is 3.31. The number of fused-ring (bicyclic) bond motifs is 5. The molecular formula is C20H24O4. The summed E-state index contributed by atoms with van der Waals surface area (Å²) < 4.78 is 16.7. The van der Waals surface area contributed by atoms with Crippen molar-refractivity contribution in [3.63, 3.8) is 0 Å². The zero-order valence-electron chi connectivity index (χ0n) is 14.2. The molecule has 0 saturated heterocycles. The van der Waals surface area contributed by atoms with Gasteiger partial charge in [-0.1, -0.05) is 24.3 Å². The van der Waals surface area contributed by atoms with Gasteiger partial charge in [0.2, 0.25) is 0 Å². The van der Waals surface area contributed by atoms with Crippen molar-refractivity contribution in [3.8, 4) is 5.75 Å². The first-order valence-electron chi connectivity index (χ1n) is 8.68. The molecule has 4 rings (SSSR count). The minimum absolute atomic E-state index is 0.0136. The van der Waals surface area contributed by atoms with Crippen molar-refractivity contribution in [1.82, 2.24) is 0 Å². The lowest BCUT2D eigenvalue weighted by molar-refractivity contribution is -0.148. The number of carbonyl (C=O) groups excluding carboxylic acids is 1. The summed E-state index contributed by atoms with van der Waals surface area (Å²) in [6.07, 6.45) is 6.18. The average molecular weight is 328 g/mol. The minimum atomic E-state index is 0.0136. The van der Waals surface area contributed by atoms with Gasteiger partial charge in [0.25, 0.3) is 0 Å². The highest BCUT2D eigenvalue weighted by Gasteiger charge is 2.56. The molecule has 4 nitrogen and oxygen atoms in total. The predicted octanol–water partition coefficient (Wildman–Crippen LogP) is 3.18. The quantitative estimate of drug-likeness (QED) is 0.615. The number of hydrogen-bond donors (Lipinski definition) is 0. The van der Waals surface area contributed by atoms with Crippen molar-refractivity contribution in [3.05, 3.63) is 42.0 Å². The minimum Gasteiger partial charge on any atom is -0.497 e. The second-order valence-corrected chi connectivity index (χ2v) is 7.14. The fraction of sp³-hybridized carbons (Fsp3) is 0.550. The molecule has 3 aliphatic carbocycles. The van der Waals surface area contributed by atoms with Gasteiger partial charge < -0.3 is 14.2 Å². The molecule has 0 heterocycles. The van der Waals surface area contributed by atoms with Crippen LogP contribution in [0, 0.1) is 23.7 Å². The first-order chi connectivity index (χ1) is 11.7. The maximum absolute atomic E-state index is 12.9. The number of carbonyl (C=O) groups is 1. The van der Waals surface area contributed by atoms with Crippen LogP contribution in [0.3, 0.4) is 0 Å². The van der Waals surface area contributed by atoms with Crippen LogP contribution in [0.4, 0.5) is 0 Å². The van der Waals surface area contributed by atoms with Crippen LogP contribution in [-0.4, -0.2) is 32.9 Å². The molecular weight excluding hydrogens is 304 g/mol. The van der Waals surface area contributed by atoms with E-state index in [1.54, 1.807) is 14.2 Å². The molecule has 24 heavy (non-hydrogen) atoms. The molecule has 0 radical (unpaired) electrons. The Bertz CT molecular complexity index is 653. The normalized spacial score (nSPS) is 36.8. The third kappa shape index (κ3) is 2.49. The van der Waals surface area contributed by atoms with Crippen molar-refractivity contribution in [2.75, 3.05) is 21.0 Å². The molecule has 0 N–H and O–H groups in total. The fourth-order valence-corrected chi connectivity index (χ4v) is 5.05. The van der Waals surface area contributed by atoms with E-state index in [9.17, 15) is 4.79 Å². The number of Topliss-reactive ketones (excluding diaryl/α,β-unsaturated/α-hetero) is 1. The lowest BCUT2D eigenvalue weighted by Crippen LogP contribution is -2.46. The van der Waals surface area contributed by atoms with Crippen LogP contribution in [0.15, 0.2) is 36.4 Å². The fourth-order valence-electron chi connectivity index (χ4n) is 5.05. The van der Waals surface area contributed by atoms with E-state index < -0.39 is 0 Å². The van der Waals surface area contributed by atoms with E-state index in [2.05, 4.69) is 18.2 Å². The SMILES string of the molecule is COCO[C@@H]1[C@H]2[C@@H](C(=O)C[C@H]1c1cccc(OC)c1)[C@H]1C=C[C@@H]2C1. The van der Waals surface area contributed by atoms with Crippen molar-refractivity contribution >= 4 is 5.78 Å². The highest BCUT2D eigenvalue weighted by Crippen LogP contribution is 2.56. The van der Waals surface area contributed by atoms with E-state index in [0.29, 0.717) is 24.0 Å². The number of allylic oxidation sites excluding steroid dienone is 2. The largest absolute Gasteiger partial charge is 0.497 e. The second-order valence-electron chi connectivity index (χ2n) is 7.14. The number of hydrogen-bond acceptors (Lipinski definition) is 4. The Morgan fingerprint density at radius 1 is 1.17 bits per heavy atom. The van der Waals surface area contributed by atoms with E-state index in [-0.39, 0.29) is 30.7 Å². The van der Waals surface area contributed by atoms with Crippen LogP contribution in [0.2, 0.25) is 0 Å². The zero-order valence-corrected chi connectivity index (χ0v) is 14.2. The Balaban J connectivity index is 1.69. The van der Waals surface area contributed by atoms with Crippen molar-refractivity contribution in [2.24, 2.45) is 23.7 Å². The van der Waals surface area contributed by atoms with Crippen LogP contribution < -0.4 is 4.74 Å². The van der Waals surface area contributed by atoms with Crippen LogP contribution >= 0.6 is 0 Å². The van der Waals surface area contributed by atoms with Gasteiger partial charge in [-0.2, -0.15) is 0 Å². The molecule has 1 aromatic rings. The van der Waals surface area contributed by atoms with Crippen molar-refractivity contribution in [1.29, 1.82) is 0 Å². The highest BCUT2D eigenvalue weighted by atomic mass is 16.7. The predicted molar refractivity (Wildman–Crippen MR) is 89.8 cm³/mol. The third-order valence-corrected chi connectivity index (χ3v) is 5.99.